The van der Waals surface area contributed by atoms with E-state index in [1.54, 1.807) is 4.68 Å². The Balaban J connectivity index is 2.18. The zero-order chi connectivity index (χ0) is 14.1. The fourth-order valence-electron chi connectivity index (χ4n) is 2.01. The van der Waals surface area contributed by atoms with Crippen LogP contribution in [0.2, 0.25) is 0 Å². The molecule has 0 atom stereocenters. The molecule has 5 nitrogen and oxygen atoms in total. The van der Waals surface area contributed by atoms with Gasteiger partial charge in [-0.05, 0) is 47.2 Å². The molecule has 0 aliphatic carbocycles. The number of nitrogens with two attached hydrogens (primary N) is 1. The maximum Gasteiger partial charge on any atom is 0.189 e. The quantitative estimate of drug-likeness (QED) is 0.734. The van der Waals surface area contributed by atoms with Gasteiger partial charge < -0.3 is 5.73 Å². The van der Waals surface area contributed by atoms with Gasteiger partial charge in [0, 0.05) is 15.7 Å². The monoisotopic (exact) mass is 329 g/mol. The van der Waals surface area contributed by atoms with Crippen molar-refractivity contribution in [3.63, 3.8) is 0 Å². The van der Waals surface area contributed by atoms with Gasteiger partial charge in [-0.15, -0.1) is 5.10 Å². The summed E-state index contributed by atoms with van der Waals surface area (Å²) in [5.74, 6) is 0.629. The molecular weight excluding hydrogens is 318 g/mol. The first kappa shape index (κ1) is 12.8. The first-order chi connectivity index (χ1) is 9.66. The summed E-state index contributed by atoms with van der Waals surface area (Å²) in [6, 6.07) is 13.6. The van der Waals surface area contributed by atoms with Crippen LogP contribution in [0.5, 0.6) is 0 Å². The van der Waals surface area contributed by atoms with Gasteiger partial charge in [0.25, 0.3) is 0 Å². The SMILES string of the molecule is Cc1cccc(-c2nnnn2-c2cccc(Br)c2)c1N. The number of anilines is 1. The third-order valence-electron chi connectivity index (χ3n) is 3.09. The zero-order valence-corrected chi connectivity index (χ0v) is 12.4. The van der Waals surface area contributed by atoms with Gasteiger partial charge in [-0.25, -0.2) is 0 Å². The van der Waals surface area contributed by atoms with E-state index in [1.807, 2.05) is 49.4 Å². The summed E-state index contributed by atoms with van der Waals surface area (Å²) in [6.07, 6.45) is 0. The summed E-state index contributed by atoms with van der Waals surface area (Å²) >= 11 is 3.45. The highest BCUT2D eigenvalue weighted by molar-refractivity contribution is 9.10. The van der Waals surface area contributed by atoms with E-state index in [4.69, 9.17) is 5.73 Å². The number of nitrogens with zero attached hydrogens (tertiary/aromatic N) is 4. The van der Waals surface area contributed by atoms with Crippen molar-refractivity contribution in [3.05, 3.63) is 52.5 Å². The van der Waals surface area contributed by atoms with Gasteiger partial charge in [0.15, 0.2) is 5.82 Å². The molecule has 3 rings (SSSR count). The number of rotatable bonds is 2. The van der Waals surface area contributed by atoms with Crippen molar-refractivity contribution in [2.45, 2.75) is 6.92 Å². The minimum absolute atomic E-state index is 0.629. The first-order valence-electron chi connectivity index (χ1n) is 6.06. The smallest absolute Gasteiger partial charge is 0.189 e. The molecule has 3 aromatic rings. The standard InChI is InChI=1S/C14H12BrN5/c1-9-4-2-7-12(13(9)16)14-17-18-19-20(14)11-6-3-5-10(15)8-11/h2-8H,16H2,1H3. The Morgan fingerprint density at radius 2 is 1.95 bits per heavy atom. The maximum atomic E-state index is 6.13. The average Bonchev–Trinajstić information content (AvgIpc) is 2.91. The lowest BCUT2D eigenvalue weighted by Crippen LogP contribution is -2.02. The molecule has 0 bridgehead atoms. The van der Waals surface area contributed by atoms with Crippen LogP contribution < -0.4 is 5.73 Å². The Hall–Kier alpha value is -2.21. The van der Waals surface area contributed by atoms with Crippen LogP contribution in [0, 0.1) is 6.92 Å². The largest absolute Gasteiger partial charge is 0.398 e. The van der Waals surface area contributed by atoms with Crippen LogP contribution in [-0.2, 0) is 0 Å². The van der Waals surface area contributed by atoms with Crippen molar-refractivity contribution in [1.29, 1.82) is 0 Å². The minimum atomic E-state index is 0.629. The van der Waals surface area contributed by atoms with Gasteiger partial charge >= 0.3 is 0 Å². The van der Waals surface area contributed by atoms with Crippen LogP contribution in [0.3, 0.4) is 0 Å². The highest BCUT2D eigenvalue weighted by atomic mass is 79.9. The van der Waals surface area contributed by atoms with Crippen molar-refractivity contribution in [3.8, 4) is 17.1 Å². The van der Waals surface area contributed by atoms with Crippen molar-refractivity contribution < 1.29 is 0 Å². The lowest BCUT2D eigenvalue weighted by molar-refractivity contribution is 0.791. The van der Waals surface area contributed by atoms with Gasteiger partial charge in [-0.3, -0.25) is 0 Å². The van der Waals surface area contributed by atoms with Crippen molar-refractivity contribution >= 4 is 21.6 Å². The number of nitrogen functional groups attached to an aromatic ring is 1. The number of aryl methyl sites for hydroxylation is 1. The van der Waals surface area contributed by atoms with Crippen LogP contribution in [0.4, 0.5) is 5.69 Å². The predicted octanol–water partition coefficient (Wildman–Crippen LogP) is 2.98. The number of hydrogen-bond donors (Lipinski definition) is 1. The van der Waals surface area contributed by atoms with E-state index in [0.29, 0.717) is 11.5 Å². The van der Waals surface area contributed by atoms with Crippen LogP contribution in [0.25, 0.3) is 17.1 Å². The van der Waals surface area contributed by atoms with E-state index in [-0.39, 0.29) is 0 Å². The molecule has 0 aliphatic rings. The summed E-state index contributed by atoms with van der Waals surface area (Å²) in [7, 11) is 0. The van der Waals surface area contributed by atoms with Gasteiger partial charge in [-0.2, -0.15) is 4.68 Å². The molecule has 0 radical (unpaired) electrons. The van der Waals surface area contributed by atoms with E-state index < -0.39 is 0 Å². The van der Waals surface area contributed by atoms with Crippen LogP contribution >= 0.6 is 15.9 Å². The molecule has 6 heteroatoms. The maximum absolute atomic E-state index is 6.13. The number of hydrogen-bond acceptors (Lipinski definition) is 4. The van der Waals surface area contributed by atoms with Crippen LogP contribution in [-0.4, -0.2) is 20.2 Å². The van der Waals surface area contributed by atoms with Crippen LogP contribution in [0.15, 0.2) is 46.9 Å². The Kier molecular flexibility index (Phi) is 3.23. The molecular formula is C14H12BrN5. The fourth-order valence-corrected chi connectivity index (χ4v) is 2.40. The molecule has 0 saturated heterocycles. The molecule has 2 aromatic carbocycles. The minimum Gasteiger partial charge on any atom is -0.398 e. The second-order valence-electron chi connectivity index (χ2n) is 4.43. The summed E-state index contributed by atoms with van der Waals surface area (Å²) in [5.41, 5.74) is 9.54. The fraction of sp³-hybridized carbons (Fsp3) is 0.0714. The Labute approximate surface area is 124 Å². The van der Waals surface area contributed by atoms with Gasteiger partial charge in [-0.1, -0.05) is 34.1 Å². The van der Waals surface area contributed by atoms with Gasteiger partial charge in [0.05, 0.1) is 5.69 Å². The molecule has 0 amide bonds. The topological polar surface area (TPSA) is 69.6 Å². The van der Waals surface area contributed by atoms with E-state index in [9.17, 15) is 0 Å². The molecule has 2 N–H and O–H groups in total. The molecule has 20 heavy (non-hydrogen) atoms. The number of tetrazole rings is 1. The second-order valence-corrected chi connectivity index (χ2v) is 5.35. The number of aromatic nitrogens is 4. The Morgan fingerprint density at radius 3 is 2.75 bits per heavy atom. The highest BCUT2D eigenvalue weighted by Crippen LogP contribution is 2.28. The van der Waals surface area contributed by atoms with E-state index in [0.717, 1.165) is 21.3 Å². The number of para-hydroxylation sites is 1. The van der Waals surface area contributed by atoms with Crippen molar-refractivity contribution in [2.24, 2.45) is 0 Å². The molecule has 0 saturated carbocycles. The Bertz CT molecular complexity index is 766. The predicted molar refractivity (Wildman–Crippen MR) is 81.4 cm³/mol. The number of benzene rings is 2. The van der Waals surface area contributed by atoms with E-state index >= 15 is 0 Å². The third-order valence-corrected chi connectivity index (χ3v) is 3.58. The molecule has 1 heterocycles. The van der Waals surface area contributed by atoms with E-state index in [2.05, 4.69) is 31.5 Å². The van der Waals surface area contributed by atoms with Crippen molar-refractivity contribution in [1.82, 2.24) is 20.2 Å². The molecule has 0 spiro atoms. The van der Waals surface area contributed by atoms with Gasteiger partial charge in [0.2, 0.25) is 0 Å². The zero-order valence-electron chi connectivity index (χ0n) is 10.8. The van der Waals surface area contributed by atoms with E-state index in [1.165, 1.54) is 0 Å². The normalized spacial score (nSPS) is 10.7. The lowest BCUT2D eigenvalue weighted by Gasteiger charge is -2.08. The van der Waals surface area contributed by atoms with Crippen LogP contribution in [0.1, 0.15) is 5.56 Å². The summed E-state index contributed by atoms with van der Waals surface area (Å²) in [5, 5.41) is 11.9. The second kappa shape index (κ2) is 5.05. The summed E-state index contributed by atoms with van der Waals surface area (Å²) < 4.78 is 2.64. The molecule has 0 unspecified atom stereocenters. The molecule has 0 fully saturated rings. The average molecular weight is 330 g/mol. The molecule has 1 aromatic heterocycles. The molecule has 100 valence electrons. The first-order valence-corrected chi connectivity index (χ1v) is 6.86. The number of halogens is 1. The summed E-state index contributed by atoms with van der Waals surface area (Å²) in [6.45, 7) is 1.96. The summed E-state index contributed by atoms with van der Waals surface area (Å²) in [4.78, 5) is 0. The van der Waals surface area contributed by atoms with Gasteiger partial charge in [0.1, 0.15) is 0 Å². The lowest BCUT2D eigenvalue weighted by atomic mass is 10.1. The highest BCUT2D eigenvalue weighted by Gasteiger charge is 2.14. The third kappa shape index (κ3) is 2.18. The molecule has 0 aliphatic heterocycles. The van der Waals surface area contributed by atoms with Crippen molar-refractivity contribution in [2.75, 3.05) is 5.73 Å². The Morgan fingerprint density at radius 1 is 1.15 bits per heavy atom.